The second kappa shape index (κ2) is 5.63. The molecule has 0 bridgehead atoms. The molecular formula is C12H16ClN5O3. The van der Waals surface area contributed by atoms with Crippen LogP contribution in [0.4, 0.5) is 5.69 Å². The van der Waals surface area contributed by atoms with Gasteiger partial charge in [-0.25, -0.2) is 0 Å². The van der Waals surface area contributed by atoms with Crippen LogP contribution in [0.5, 0.6) is 0 Å². The molecule has 3 rings (SSSR count). The average Bonchev–Trinajstić information content (AvgIpc) is 2.99. The summed E-state index contributed by atoms with van der Waals surface area (Å²) in [4.78, 5) is 25.6. The van der Waals surface area contributed by atoms with Crippen LogP contribution in [0.3, 0.4) is 0 Å². The van der Waals surface area contributed by atoms with Crippen molar-refractivity contribution in [3.05, 3.63) is 21.6 Å². The van der Waals surface area contributed by atoms with Crippen molar-refractivity contribution in [1.82, 2.24) is 20.4 Å². The molecule has 0 spiro atoms. The Bertz CT molecular complexity index is 613. The molecule has 0 saturated carbocycles. The number of nitrogens with zero attached hydrogens (tertiary/aromatic N) is 3. The van der Waals surface area contributed by atoms with Gasteiger partial charge in [-0.05, 0) is 6.92 Å². The summed E-state index contributed by atoms with van der Waals surface area (Å²) in [6.45, 7) is 3.78. The number of hydrogen-bond acceptors (Lipinski definition) is 6. The first kappa shape index (κ1) is 14.3. The van der Waals surface area contributed by atoms with Gasteiger partial charge in [0.1, 0.15) is 5.02 Å². The fourth-order valence-corrected chi connectivity index (χ4v) is 2.68. The number of nitrogens with one attached hydrogen (secondary N) is 2. The van der Waals surface area contributed by atoms with E-state index in [4.69, 9.17) is 16.3 Å². The first-order valence-electron chi connectivity index (χ1n) is 6.73. The first-order chi connectivity index (χ1) is 10.1. The molecule has 1 aromatic rings. The Labute approximate surface area is 126 Å². The van der Waals surface area contributed by atoms with Crippen LogP contribution in [0.25, 0.3) is 0 Å². The van der Waals surface area contributed by atoms with E-state index in [9.17, 15) is 9.59 Å². The summed E-state index contributed by atoms with van der Waals surface area (Å²) < 4.78 is 6.53. The molecule has 2 aliphatic heterocycles. The molecule has 0 radical (unpaired) electrons. The zero-order chi connectivity index (χ0) is 15.0. The van der Waals surface area contributed by atoms with Gasteiger partial charge in [0, 0.05) is 19.1 Å². The molecule has 21 heavy (non-hydrogen) atoms. The summed E-state index contributed by atoms with van der Waals surface area (Å²) in [6, 6.07) is 0.0399. The van der Waals surface area contributed by atoms with E-state index in [0.717, 1.165) is 0 Å². The molecular weight excluding hydrogens is 298 g/mol. The van der Waals surface area contributed by atoms with Crippen molar-refractivity contribution in [1.29, 1.82) is 0 Å². The Balaban J connectivity index is 1.95. The summed E-state index contributed by atoms with van der Waals surface area (Å²) in [5.41, 5.74) is 0.0324. The lowest BCUT2D eigenvalue weighted by Gasteiger charge is -2.35. The maximum atomic E-state index is 12.3. The SMILES string of the molecule is C[C@@H]1CNC(=O)CN1c1cnn(C2NCCO2)c(=O)c1Cl. The summed E-state index contributed by atoms with van der Waals surface area (Å²) in [5.74, 6) is -0.103. The normalized spacial score (nSPS) is 26.0. The van der Waals surface area contributed by atoms with Gasteiger partial charge in [0.2, 0.25) is 12.3 Å². The van der Waals surface area contributed by atoms with Gasteiger partial charge in [-0.15, -0.1) is 0 Å². The molecule has 2 atom stereocenters. The molecule has 8 nitrogen and oxygen atoms in total. The summed E-state index contributed by atoms with van der Waals surface area (Å²) in [7, 11) is 0. The van der Waals surface area contributed by atoms with Crippen LogP contribution in [0, 0.1) is 0 Å². The highest BCUT2D eigenvalue weighted by Gasteiger charge is 2.28. The molecule has 1 aromatic heterocycles. The minimum Gasteiger partial charge on any atom is -0.355 e. The van der Waals surface area contributed by atoms with Crippen LogP contribution < -0.4 is 21.1 Å². The topological polar surface area (TPSA) is 88.5 Å². The number of rotatable bonds is 2. The van der Waals surface area contributed by atoms with E-state index in [1.54, 1.807) is 4.90 Å². The molecule has 2 saturated heterocycles. The summed E-state index contributed by atoms with van der Waals surface area (Å²) >= 11 is 6.19. The molecule has 0 aliphatic carbocycles. The number of piperazine rings is 1. The smallest absolute Gasteiger partial charge is 0.291 e. The predicted molar refractivity (Wildman–Crippen MR) is 76.3 cm³/mol. The quantitative estimate of drug-likeness (QED) is 0.750. The summed E-state index contributed by atoms with van der Waals surface area (Å²) in [5, 5.41) is 9.92. The van der Waals surface area contributed by atoms with E-state index < -0.39 is 11.9 Å². The van der Waals surface area contributed by atoms with E-state index in [-0.39, 0.29) is 23.5 Å². The minimum absolute atomic E-state index is 0.0399. The van der Waals surface area contributed by atoms with Crippen molar-refractivity contribution in [3.8, 4) is 0 Å². The number of carbonyl (C=O) groups excluding carboxylic acids is 1. The molecule has 0 aromatic carbocycles. The maximum Gasteiger partial charge on any atom is 0.291 e. The van der Waals surface area contributed by atoms with Gasteiger partial charge in [-0.2, -0.15) is 9.78 Å². The van der Waals surface area contributed by atoms with E-state index in [0.29, 0.717) is 25.4 Å². The number of hydrogen-bond donors (Lipinski definition) is 2. The predicted octanol–water partition coefficient (Wildman–Crippen LogP) is -0.703. The lowest BCUT2D eigenvalue weighted by molar-refractivity contribution is -0.120. The fourth-order valence-electron chi connectivity index (χ4n) is 2.43. The highest BCUT2D eigenvalue weighted by atomic mass is 35.5. The van der Waals surface area contributed by atoms with Gasteiger partial charge in [0.25, 0.3) is 5.56 Å². The van der Waals surface area contributed by atoms with Gasteiger partial charge >= 0.3 is 0 Å². The maximum absolute atomic E-state index is 12.3. The van der Waals surface area contributed by atoms with E-state index >= 15 is 0 Å². The van der Waals surface area contributed by atoms with Crippen molar-refractivity contribution >= 4 is 23.2 Å². The second-order valence-electron chi connectivity index (χ2n) is 5.05. The Hall–Kier alpha value is -1.64. The van der Waals surface area contributed by atoms with Gasteiger partial charge in [0.15, 0.2) is 0 Å². The largest absolute Gasteiger partial charge is 0.355 e. The highest BCUT2D eigenvalue weighted by Crippen LogP contribution is 2.24. The second-order valence-corrected chi connectivity index (χ2v) is 5.43. The van der Waals surface area contributed by atoms with Crippen LogP contribution in [-0.2, 0) is 9.53 Å². The lowest BCUT2D eigenvalue weighted by atomic mass is 10.2. The van der Waals surface area contributed by atoms with Gasteiger partial charge in [-0.3, -0.25) is 14.9 Å². The highest BCUT2D eigenvalue weighted by molar-refractivity contribution is 6.33. The Kier molecular flexibility index (Phi) is 3.83. The summed E-state index contributed by atoms with van der Waals surface area (Å²) in [6.07, 6.45) is 0.911. The zero-order valence-corrected chi connectivity index (χ0v) is 12.3. The van der Waals surface area contributed by atoms with E-state index in [2.05, 4.69) is 15.7 Å². The van der Waals surface area contributed by atoms with Gasteiger partial charge in [0.05, 0.1) is 25.0 Å². The molecule has 2 fully saturated rings. The lowest BCUT2D eigenvalue weighted by Crippen LogP contribution is -2.53. The zero-order valence-electron chi connectivity index (χ0n) is 11.5. The van der Waals surface area contributed by atoms with Crippen molar-refractivity contribution < 1.29 is 9.53 Å². The third-order valence-corrected chi connectivity index (χ3v) is 3.95. The van der Waals surface area contributed by atoms with Crippen molar-refractivity contribution in [2.75, 3.05) is 31.1 Å². The molecule has 1 amide bonds. The standard InChI is InChI=1S/C12H16ClN5O3/c1-7-4-15-9(19)6-17(7)8-5-16-18(11(20)10(8)13)12-14-2-3-21-12/h5,7,12,14H,2-4,6H2,1H3,(H,15,19)/t7-,12?/m1/s1. The van der Waals surface area contributed by atoms with Crippen molar-refractivity contribution in [2.45, 2.75) is 19.3 Å². The van der Waals surface area contributed by atoms with Gasteiger partial charge in [-0.1, -0.05) is 11.6 Å². The molecule has 1 unspecified atom stereocenters. The van der Waals surface area contributed by atoms with Crippen LogP contribution in [-0.4, -0.2) is 48.0 Å². The van der Waals surface area contributed by atoms with Crippen LogP contribution in [0.15, 0.2) is 11.0 Å². The monoisotopic (exact) mass is 313 g/mol. The minimum atomic E-state index is -0.592. The number of ether oxygens (including phenoxy) is 1. The number of carbonyl (C=O) groups is 1. The average molecular weight is 314 g/mol. The van der Waals surface area contributed by atoms with Crippen LogP contribution in [0.1, 0.15) is 13.3 Å². The number of aromatic nitrogens is 2. The van der Waals surface area contributed by atoms with Crippen LogP contribution in [0.2, 0.25) is 5.02 Å². The number of amides is 1. The Morgan fingerprint density at radius 3 is 3.00 bits per heavy atom. The first-order valence-corrected chi connectivity index (χ1v) is 7.11. The molecule has 2 N–H and O–H groups in total. The van der Waals surface area contributed by atoms with Crippen molar-refractivity contribution in [3.63, 3.8) is 0 Å². The van der Waals surface area contributed by atoms with Crippen LogP contribution >= 0.6 is 11.6 Å². The third-order valence-electron chi connectivity index (χ3n) is 3.59. The molecule has 2 aliphatic rings. The molecule has 3 heterocycles. The Morgan fingerprint density at radius 1 is 1.48 bits per heavy atom. The molecule has 114 valence electrons. The fraction of sp³-hybridized carbons (Fsp3) is 0.583. The van der Waals surface area contributed by atoms with Gasteiger partial charge < -0.3 is 15.0 Å². The number of anilines is 1. The van der Waals surface area contributed by atoms with E-state index in [1.807, 2.05) is 6.92 Å². The Morgan fingerprint density at radius 2 is 2.29 bits per heavy atom. The van der Waals surface area contributed by atoms with Crippen molar-refractivity contribution in [2.24, 2.45) is 0 Å². The third kappa shape index (κ3) is 2.61. The van der Waals surface area contributed by atoms with E-state index in [1.165, 1.54) is 10.9 Å². The molecule has 9 heteroatoms. The number of halogens is 1.